The molecular formula is C24H27N3O3S2. The molecule has 1 saturated heterocycles. The van der Waals surface area contributed by atoms with Crippen LogP contribution in [0.4, 0.5) is 5.69 Å². The van der Waals surface area contributed by atoms with E-state index in [4.69, 9.17) is 0 Å². The molecule has 1 aliphatic heterocycles. The highest BCUT2D eigenvalue weighted by atomic mass is 32.2. The minimum absolute atomic E-state index is 0.0938. The number of nitrogens with one attached hydrogen (secondary N) is 1. The predicted molar refractivity (Wildman–Crippen MR) is 129 cm³/mol. The van der Waals surface area contributed by atoms with Gasteiger partial charge in [0.1, 0.15) is 0 Å². The number of piperidine rings is 1. The number of fused-ring (bicyclic) bond motifs is 1. The minimum Gasteiger partial charge on any atom is -0.325 e. The molecule has 0 saturated carbocycles. The molecule has 4 rings (SSSR count). The molecule has 1 fully saturated rings. The van der Waals surface area contributed by atoms with E-state index >= 15 is 0 Å². The molecular weight excluding hydrogens is 442 g/mol. The fourth-order valence-corrected chi connectivity index (χ4v) is 6.29. The zero-order valence-electron chi connectivity index (χ0n) is 18.2. The van der Waals surface area contributed by atoms with E-state index in [2.05, 4.69) is 10.3 Å². The van der Waals surface area contributed by atoms with Crippen LogP contribution in [0.25, 0.3) is 10.9 Å². The molecule has 1 amide bonds. The van der Waals surface area contributed by atoms with E-state index in [0.717, 1.165) is 46.4 Å². The van der Waals surface area contributed by atoms with Crippen LogP contribution in [0.3, 0.4) is 0 Å². The number of carbonyl (C=O) groups is 1. The zero-order chi connectivity index (χ0) is 22.7. The van der Waals surface area contributed by atoms with Crippen molar-refractivity contribution in [1.82, 2.24) is 9.29 Å². The molecule has 1 atom stereocenters. The summed E-state index contributed by atoms with van der Waals surface area (Å²) in [5.41, 5.74) is 2.42. The first-order valence-corrected chi connectivity index (χ1v) is 13.1. The molecule has 3 aromatic rings. The van der Waals surface area contributed by atoms with Gasteiger partial charge in [0.2, 0.25) is 15.9 Å². The van der Waals surface area contributed by atoms with Crippen LogP contribution < -0.4 is 5.32 Å². The average molecular weight is 470 g/mol. The van der Waals surface area contributed by atoms with Crippen molar-refractivity contribution in [2.45, 2.75) is 48.3 Å². The van der Waals surface area contributed by atoms with Crippen LogP contribution in [0.15, 0.2) is 64.5 Å². The maximum atomic E-state index is 13.0. The number of carbonyl (C=O) groups excluding carboxylic acids is 1. The largest absolute Gasteiger partial charge is 0.325 e. The predicted octanol–water partition coefficient (Wildman–Crippen LogP) is 4.84. The normalized spacial score (nSPS) is 16.1. The van der Waals surface area contributed by atoms with Gasteiger partial charge in [-0.3, -0.25) is 4.79 Å². The van der Waals surface area contributed by atoms with Crippen molar-refractivity contribution in [3.05, 3.63) is 60.2 Å². The lowest BCUT2D eigenvalue weighted by Crippen LogP contribution is -2.35. The van der Waals surface area contributed by atoms with E-state index in [1.54, 1.807) is 22.5 Å². The smallest absolute Gasteiger partial charge is 0.243 e. The summed E-state index contributed by atoms with van der Waals surface area (Å²) >= 11 is 1.38. The molecule has 1 aliphatic rings. The van der Waals surface area contributed by atoms with Crippen molar-refractivity contribution in [2.75, 3.05) is 18.4 Å². The molecule has 0 spiro atoms. The van der Waals surface area contributed by atoms with Gasteiger partial charge in [0, 0.05) is 24.2 Å². The van der Waals surface area contributed by atoms with Gasteiger partial charge < -0.3 is 5.32 Å². The number of nitrogens with zero attached hydrogens (tertiary/aromatic N) is 2. The number of thioether (sulfide) groups is 1. The van der Waals surface area contributed by atoms with Crippen LogP contribution >= 0.6 is 11.8 Å². The molecule has 6 nitrogen and oxygen atoms in total. The number of aryl methyl sites for hydroxylation is 1. The third-order valence-electron chi connectivity index (χ3n) is 5.62. The zero-order valence-corrected chi connectivity index (χ0v) is 19.9. The van der Waals surface area contributed by atoms with Gasteiger partial charge in [0.25, 0.3) is 0 Å². The molecule has 2 aromatic carbocycles. The summed E-state index contributed by atoms with van der Waals surface area (Å²) in [6.45, 7) is 4.95. The Kier molecular flexibility index (Phi) is 6.83. The Bertz CT molecular complexity index is 1220. The first-order chi connectivity index (χ1) is 15.3. The molecule has 0 unspecified atom stereocenters. The minimum atomic E-state index is -3.49. The van der Waals surface area contributed by atoms with E-state index < -0.39 is 10.0 Å². The topological polar surface area (TPSA) is 79.4 Å². The number of anilines is 1. The summed E-state index contributed by atoms with van der Waals surface area (Å²) in [7, 11) is -3.49. The Morgan fingerprint density at radius 3 is 2.50 bits per heavy atom. The molecule has 0 aliphatic carbocycles. The molecule has 2 heterocycles. The molecule has 32 heavy (non-hydrogen) atoms. The number of sulfonamides is 1. The van der Waals surface area contributed by atoms with Crippen LogP contribution in [-0.2, 0) is 14.8 Å². The average Bonchev–Trinajstić information content (AvgIpc) is 2.80. The van der Waals surface area contributed by atoms with Crippen LogP contribution in [-0.4, -0.2) is 42.0 Å². The van der Waals surface area contributed by atoms with Crippen molar-refractivity contribution < 1.29 is 13.2 Å². The number of para-hydroxylation sites is 1. The summed E-state index contributed by atoms with van der Waals surface area (Å²) in [5, 5.41) is 4.12. The first kappa shape index (κ1) is 22.8. The van der Waals surface area contributed by atoms with Gasteiger partial charge in [-0.1, -0.05) is 36.4 Å². The van der Waals surface area contributed by atoms with Gasteiger partial charge in [-0.05, 0) is 68.7 Å². The number of rotatable bonds is 6. The van der Waals surface area contributed by atoms with Crippen molar-refractivity contribution in [3.8, 4) is 0 Å². The SMILES string of the molecule is Cc1cc(S[C@@H](C)C(=O)Nc2ccccc2)nc2ccc(S(=O)(=O)N3CCCCC3)cc12. The Labute approximate surface area is 193 Å². The lowest BCUT2D eigenvalue weighted by molar-refractivity contribution is -0.115. The second-order valence-electron chi connectivity index (χ2n) is 8.04. The molecule has 1 aromatic heterocycles. The fraction of sp³-hybridized carbons (Fsp3) is 0.333. The maximum Gasteiger partial charge on any atom is 0.243 e. The summed E-state index contributed by atoms with van der Waals surface area (Å²) in [6, 6.07) is 16.4. The molecule has 1 N–H and O–H groups in total. The van der Waals surface area contributed by atoms with Crippen molar-refractivity contribution in [3.63, 3.8) is 0 Å². The number of hydrogen-bond donors (Lipinski definition) is 1. The highest BCUT2D eigenvalue weighted by Crippen LogP contribution is 2.30. The quantitative estimate of drug-likeness (QED) is 0.523. The Hall–Kier alpha value is -2.42. The summed E-state index contributed by atoms with van der Waals surface area (Å²) < 4.78 is 27.7. The van der Waals surface area contributed by atoms with E-state index in [0.29, 0.717) is 18.0 Å². The third kappa shape index (κ3) is 4.98. The van der Waals surface area contributed by atoms with Crippen molar-refractivity contribution >= 4 is 44.3 Å². The molecule has 0 bridgehead atoms. The Morgan fingerprint density at radius 1 is 1.06 bits per heavy atom. The number of amides is 1. The van der Waals surface area contributed by atoms with Crippen LogP contribution in [0.1, 0.15) is 31.7 Å². The number of hydrogen-bond acceptors (Lipinski definition) is 5. The first-order valence-electron chi connectivity index (χ1n) is 10.8. The van der Waals surface area contributed by atoms with Gasteiger partial charge in [0.15, 0.2) is 0 Å². The van der Waals surface area contributed by atoms with E-state index in [-0.39, 0.29) is 11.2 Å². The number of benzene rings is 2. The van der Waals surface area contributed by atoms with Crippen molar-refractivity contribution in [2.24, 2.45) is 0 Å². The second-order valence-corrected chi connectivity index (χ2v) is 11.3. The van der Waals surface area contributed by atoms with E-state index in [1.807, 2.05) is 50.2 Å². The standard InChI is InChI=1S/C24H27N3O3S2/c1-17-15-23(31-18(2)24(28)25-19-9-5-3-6-10-19)26-22-12-11-20(16-21(17)22)32(29,30)27-13-7-4-8-14-27/h3,5-6,9-12,15-16,18H,4,7-8,13-14H2,1-2H3,(H,25,28)/t18-/m0/s1. The molecule has 0 radical (unpaired) electrons. The van der Waals surface area contributed by atoms with Gasteiger partial charge in [-0.2, -0.15) is 4.31 Å². The van der Waals surface area contributed by atoms with Crippen LogP contribution in [0, 0.1) is 6.92 Å². The summed E-state index contributed by atoms with van der Waals surface area (Å²) in [4.78, 5) is 17.5. The highest BCUT2D eigenvalue weighted by molar-refractivity contribution is 8.00. The van der Waals surface area contributed by atoms with Crippen molar-refractivity contribution in [1.29, 1.82) is 0 Å². The monoisotopic (exact) mass is 469 g/mol. The Balaban J connectivity index is 1.53. The van der Waals surface area contributed by atoms with E-state index in [1.165, 1.54) is 11.8 Å². The second kappa shape index (κ2) is 9.60. The van der Waals surface area contributed by atoms with Crippen LogP contribution in [0.5, 0.6) is 0 Å². The lowest BCUT2D eigenvalue weighted by Gasteiger charge is -2.26. The van der Waals surface area contributed by atoms with Gasteiger partial charge >= 0.3 is 0 Å². The summed E-state index contributed by atoms with van der Waals surface area (Å²) in [6.07, 6.45) is 2.89. The maximum absolute atomic E-state index is 13.0. The lowest BCUT2D eigenvalue weighted by atomic mass is 10.1. The molecule has 168 valence electrons. The van der Waals surface area contributed by atoms with Gasteiger partial charge in [-0.15, -0.1) is 0 Å². The third-order valence-corrected chi connectivity index (χ3v) is 8.54. The van der Waals surface area contributed by atoms with E-state index in [9.17, 15) is 13.2 Å². The highest BCUT2D eigenvalue weighted by Gasteiger charge is 2.26. The van der Waals surface area contributed by atoms with Crippen LogP contribution in [0.2, 0.25) is 0 Å². The summed E-state index contributed by atoms with van der Waals surface area (Å²) in [5.74, 6) is -0.0938. The van der Waals surface area contributed by atoms with Gasteiger partial charge in [-0.25, -0.2) is 13.4 Å². The van der Waals surface area contributed by atoms with Gasteiger partial charge in [0.05, 0.1) is 20.7 Å². The number of aromatic nitrogens is 1. The Morgan fingerprint density at radius 2 is 1.78 bits per heavy atom. The fourth-order valence-electron chi connectivity index (χ4n) is 3.82. The molecule has 8 heteroatoms. The number of pyridine rings is 1.